The number of amides is 1. The van der Waals surface area contributed by atoms with Gasteiger partial charge < -0.3 is 10.1 Å². The number of ether oxygens (including phenoxy) is 1. The van der Waals surface area contributed by atoms with Gasteiger partial charge >= 0.3 is 0 Å². The number of nitriles is 1. The SMILES string of the molecule is CCC1(C#N)CCN(c2ccnc(Nc3cnn(Cc4ccc(OC)cc4)c3)n2)C1=O. The van der Waals surface area contributed by atoms with Crippen LogP contribution < -0.4 is 15.0 Å². The van der Waals surface area contributed by atoms with Gasteiger partial charge in [0.05, 0.1) is 31.6 Å². The number of nitrogens with one attached hydrogen (secondary N) is 1. The Bertz CT molecular complexity index is 1120. The summed E-state index contributed by atoms with van der Waals surface area (Å²) in [5.74, 6) is 1.46. The van der Waals surface area contributed by atoms with Crippen LogP contribution in [0.4, 0.5) is 17.5 Å². The zero-order chi connectivity index (χ0) is 21.8. The van der Waals surface area contributed by atoms with Crippen molar-refractivity contribution in [1.29, 1.82) is 5.26 Å². The smallest absolute Gasteiger partial charge is 0.248 e. The number of methoxy groups -OCH3 is 1. The first-order valence-corrected chi connectivity index (χ1v) is 10.1. The lowest BCUT2D eigenvalue weighted by molar-refractivity contribution is -0.123. The molecule has 1 amide bonds. The summed E-state index contributed by atoms with van der Waals surface area (Å²) in [7, 11) is 1.64. The van der Waals surface area contributed by atoms with Gasteiger partial charge in [-0.15, -0.1) is 0 Å². The van der Waals surface area contributed by atoms with Crippen LogP contribution in [0.25, 0.3) is 0 Å². The van der Waals surface area contributed by atoms with Crippen molar-refractivity contribution >= 4 is 23.4 Å². The fraction of sp³-hybridized carbons (Fsp3) is 0.318. The molecule has 0 spiro atoms. The molecule has 3 aromatic rings. The molecule has 9 nitrogen and oxygen atoms in total. The minimum atomic E-state index is -0.957. The van der Waals surface area contributed by atoms with Crippen molar-refractivity contribution < 1.29 is 9.53 Å². The number of nitrogens with zero attached hydrogens (tertiary/aromatic N) is 6. The third kappa shape index (κ3) is 4.05. The van der Waals surface area contributed by atoms with Gasteiger partial charge in [-0.3, -0.25) is 14.4 Å². The number of hydrogen-bond donors (Lipinski definition) is 1. The summed E-state index contributed by atoms with van der Waals surface area (Å²) in [4.78, 5) is 23.1. The van der Waals surface area contributed by atoms with E-state index in [0.717, 1.165) is 17.0 Å². The lowest BCUT2D eigenvalue weighted by Crippen LogP contribution is -2.33. The summed E-state index contributed by atoms with van der Waals surface area (Å²) in [6.45, 7) is 2.94. The highest BCUT2D eigenvalue weighted by atomic mass is 16.5. The van der Waals surface area contributed by atoms with Crippen LogP contribution in [0.5, 0.6) is 5.75 Å². The molecule has 4 rings (SSSR count). The Labute approximate surface area is 180 Å². The van der Waals surface area contributed by atoms with E-state index < -0.39 is 5.41 Å². The Balaban J connectivity index is 1.45. The Hall–Kier alpha value is -3.93. The molecule has 1 aromatic carbocycles. The van der Waals surface area contributed by atoms with Gasteiger partial charge in [0.1, 0.15) is 17.0 Å². The van der Waals surface area contributed by atoms with Crippen molar-refractivity contribution in [3.8, 4) is 11.8 Å². The summed E-state index contributed by atoms with van der Waals surface area (Å²) in [6, 6.07) is 11.7. The topological polar surface area (TPSA) is 109 Å². The number of hydrogen-bond acceptors (Lipinski definition) is 7. The van der Waals surface area contributed by atoms with Crippen molar-refractivity contribution in [2.75, 3.05) is 23.9 Å². The maximum absolute atomic E-state index is 12.8. The minimum Gasteiger partial charge on any atom is -0.497 e. The highest BCUT2D eigenvalue weighted by Crippen LogP contribution is 2.36. The molecule has 0 saturated carbocycles. The van der Waals surface area contributed by atoms with E-state index in [1.165, 1.54) is 0 Å². The minimum absolute atomic E-state index is 0.200. The first kappa shape index (κ1) is 20.3. The quantitative estimate of drug-likeness (QED) is 0.629. The number of carbonyl (C=O) groups is 1. The van der Waals surface area contributed by atoms with Gasteiger partial charge in [-0.1, -0.05) is 19.1 Å². The number of aromatic nitrogens is 4. The Morgan fingerprint density at radius 2 is 2.10 bits per heavy atom. The van der Waals surface area contributed by atoms with E-state index in [-0.39, 0.29) is 5.91 Å². The molecule has 0 bridgehead atoms. The second-order valence-electron chi connectivity index (χ2n) is 7.39. The second kappa shape index (κ2) is 8.44. The molecule has 1 aliphatic rings. The van der Waals surface area contributed by atoms with Crippen LogP contribution in [0.15, 0.2) is 48.9 Å². The van der Waals surface area contributed by atoms with Crippen LogP contribution in [-0.4, -0.2) is 39.3 Å². The largest absolute Gasteiger partial charge is 0.497 e. The maximum Gasteiger partial charge on any atom is 0.248 e. The molecular formula is C22H23N7O2. The fourth-order valence-corrected chi connectivity index (χ4v) is 3.62. The van der Waals surface area contributed by atoms with Crippen LogP contribution in [-0.2, 0) is 11.3 Å². The number of anilines is 3. The van der Waals surface area contributed by atoms with Crippen molar-refractivity contribution in [2.45, 2.75) is 26.3 Å². The van der Waals surface area contributed by atoms with Gasteiger partial charge in [0.2, 0.25) is 11.9 Å². The van der Waals surface area contributed by atoms with E-state index in [1.54, 1.807) is 35.2 Å². The van der Waals surface area contributed by atoms with Gasteiger partial charge in [-0.25, -0.2) is 4.98 Å². The van der Waals surface area contributed by atoms with Crippen LogP contribution in [0, 0.1) is 16.7 Å². The van der Waals surface area contributed by atoms with Crippen molar-refractivity contribution in [3.63, 3.8) is 0 Å². The average molecular weight is 417 g/mol. The molecule has 1 saturated heterocycles. The molecule has 158 valence electrons. The fourth-order valence-electron chi connectivity index (χ4n) is 3.62. The van der Waals surface area contributed by atoms with Crippen LogP contribution >= 0.6 is 0 Å². The Morgan fingerprint density at radius 3 is 2.77 bits per heavy atom. The van der Waals surface area contributed by atoms with E-state index in [0.29, 0.717) is 37.7 Å². The number of rotatable bonds is 7. The molecule has 3 heterocycles. The van der Waals surface area contributed by atoms with Crippen molar-refractivity contribution in [2.24, 2.45) is 5.41 Å². The number of carbonyl (C=O) groups excluding carboxylic acids is 1. The lowest BCUT2D eigenvalue weighted by Gasteiger charge is -2.19. The zero-order valence-corrected chi connectivity index (χ0v) is 17.4. The van der Waals surface area contributed by atoms with E-state index in [4.69, 9.17) is 4.74 Å². The molecule has 1 fully saturated rings. The van der Waals surface area contributed by atoms with Gasteiger partial charge in [0, 0.05) is 18.9 Å². The van der Waals surface area contributed by atoms with E-state index >= 15 is 0 Å². The lowest BCUT2D eigenvalue weighted by atomic mass is 9.85. The Morgan fingerprint density at radius 1 is 1.29 bits per heavy atom. The molecule has 0 radical (unpaired) electrons. The number of benzene rings is 1. The average Bonchev–Trinajstić information content (AvgIpc) is 3.38. The molecule has 0 aliphatic carbocycles. The molecule has 1 aliphatic heterocycles. The highest BCUT2D eigenvalue weighted by molar-refractivity contribution is 6.01. The normalized spacial score (nSPS) is 18.1. The van der Waals surface area contributed by atoms with Crippen molar-refractivity contribution in [3.05, 3.63) is 54.5 Å². The van der Waals surface area contributed by atoms with E-state index in [2.05, 4.69) is 26.5 Å². The predicted octanol–water partition coefficient (Wildman–Crippen LogP) is 3.13. The first-order valence-electron chi connectivity index (χ1n) is 10.1. The highest BCUT2D eigenvalue weighted by Gasteiger charge is 2.46. The first-order chi connectivity index (χ1) is 15.1. The molecule has 1 atom stereocenters. The van der Waals surface area contributed by atoms with E-state index in [1.807, 2.05) is 37.4 Å². The van der Waals surface area contributed by atoms with Crippen LogP contribution in [0.2, 0.25) is 0 Å². The molecule has 1 unspecified atom stereocenters. The van der Waals surface area contributed by atoms with Gasteiger partial charge in [-0.05, 0) is 36.6 Å². The predicted molar refractivity (Wildman–Crippen MR) is 115 cm³/mol. The standard InChI is InChI=1S/C22H23N7O2/c1-3-22(15-23)9-11-29(20(22)30)19-8-10-24-21(27-19)26-17-12-25-28(14-17)13-16-4-6-18(31-2)7-5-16/h4-8,10,12,14H,3,9,11,13H2,1-2H3,(H,24,26,27). The second-order valence-corrected chi connectivity index (χ2v) is 7.39. The van der Waals surface area contributed by atoms with Crippen molar-refractivity contribution in [1.82, 2.24) is 19.7 Å². The van der Waals surface area contributed by atoms with Crippen LogP contribution in [0.3, 0.4) is 0 Å². The van der Waals surface area contributed by atoms with Gasteiger partial charge in [0.15, 0.2) is 0 Å². The third-order valence-corrected chi connectivity index (χ3v) is 5.54. The molecule has 1 N–H and O–H groups in total. The summed E-state index contributed by atoms with van der Waals surface area (Å²) < 4.78 is 6.99. The molecule has 9 heteroatoms. The van der Waals surface area contributed by atoms with Crippen LogP contribution in [0.1, 0.15) is 25.3 Å². The van der Waals surface area contributed by atoms with Gasteiger partial charge in [-0.2, -0.15) is 15.3 Å². The summed E-state index contributed by atoms with van der Waals surface area (Å²) in [5, 5.41) is 17.0. The summed E-state index contributed by atoms with van der Waals surface area (Å²) in [6.07, 6.45) is 6.14. The maximum atomic E-state index is 12.8. The molecule has 2 aromatic heterocycles. The zero-order valence-electron chi connectivity index (χ0n) is 17.4. The molecule has 31 heavy (non-hydrogen) atoms. The molecular weight excluding hydrogens is 394 g/mol. The van der Waals surface area contributed by atoms with Gasteiger partial charge in [0.25, 0.3) is 0 Å². The monoisotopic (exact) mass is 417 g/mol. The third-order valence-electron chi connectivity index (χ3n) is 5.54. The summed E-state index contributed by atoms with van der Waals surface area (Å²) in [5.41, 5.74) is 0.873. The Kier molecular flexibility index (Phi) is 5.54. The van der Waals surface area contributed by atoms with E-state index in [9.17, 15) is 10.1 Å². The summed E-state index contributed by atoms with van der Waals surface area (Å²) >= 11 is 0.